The summed E-state index contributed by atoms with van der Waals surface area (Å²) in [5.41, 5.74) is 5.94. The Bertz CT molecular complexity index is 743. The maximum atomic E-state index is 12.2. The molecule has 1 heterocycles. The van der Waals surface area contributed by atoms with Gasteiger partial charge in [0.25, 0.3) is 0 Å². The molecule has 3 N–H and O–H groups in total. The van der Waals surface area contributed by atoms with Crippen LogP contribution in [0.2, 0.25) is 5.02 Å². The van der Waals surface area contributed by atoms with Crippen LogP contribution in [0.1, 0.15) is 11.5 Å². The zero-order valence-electron chi connectivity index (χ0n) is 10.5. The number of hydrogen-bond donors (Lipinski definition) is 2. The lowest BCUT2D eigenvalue weighted by Gasteiger charge is -2.10. The predicted molar refractivity (Wildman–Crippen MR) is 81.0 cm³/mol. The van der Waals surface area contributed by atoms with Gasteiger partial charge in [0.1, 0.15) is 11.5 Å². The number of aryl methyl sites for hydroxylation is 1. The van der Waals surface area contributed by atoms with Crippen LogP contribution in [0.15, 0.2) is 38.1 Å². The van der Waals surface area contributed by atoms with E-state index < -0.39 is 10.0 Å². The van der Waals surface area contributed by atoms with Crippen LogP contribution in [0.25, 0.3) is 0 Å². The maximum Gasteiger partial charge on any atom is 0.242 e. The molecule has 0 aliphatic carbocycles. The van der Waals surface area contributed by atoms with Gasteiger partial charge in [-0.15, -0.1) is 0 Å². The smallest absolute Gasteiger partial charge is 0.242 e. The Balaban J connectivity index is 2.27. The molecule has 0 aliphatic heterocycles. The van der Waals surface area contributed by atoms with Crippen LogP contribution >= 0.6 is 27.5 Å². The number of nitrogens with two attached hydrogens (primary N) is 1. The van der Waals surface area contributed by atoms with E-state index >= 15 is 0 Å². The molecule has 0 bridgehead atoms. The van der Waals surface area contributed by atoms with Crippen LogP contribution in [0.3, 0.4) is 0 Å². The normalized spacial score (nSPS) is 11.8. The summed E-state index contributed by atoms with van der Waals surface area (Å²) in [4.78, 5) is -0.00854. The fourth-order valence-electron chi connectivity index (χ4n) is 1.60. The van der Waals surface area contributed by atoms with Gasteiger partial charge in [0.15, 0.2) is 0 Å². The Kier molecular flexibility index (Phi) is 4.43. The molecule has 0 saturated heterocycles. The summed E-state index contributed by atoms with van der Waals surface area (Å²) in [6.07, 6.45) is 0. The van der Waals surface area contributed by atoms with Crippen LogP contribution in [0.4, 0.5) is 5.69 Å². The third-order valence-electron chi connectivity index (χ3n) is 2.55. The molecule has 0 spiro atoms. The summed E-state index contributed by atoms with van der Waals surface area (Å²) in [5, 5.41) is 0.250. The van der Waals surface area contributed by atoms with Crippen LogP contribution in [0.5, 0.6) is 0 Å². The quantitative estimate of drug-likeness (QED) is 0.800. The molecule has 2 rings (SSSR count). The molecule has 0 radical (unpaired) electrons. The molecule has 0 aliphatic rings. The number of nitrogen functional groups attached to an aromatic ring is 1. The van der Waals surface area contributed by atoms with Gasteiger partial charge in [-0.05, 0) is 47.1 Å². The molecular weight excluding hydrogens is 368 g/mol. The van der Waals surface area contributed by atoms with Gasteiger partial charge >= 0.3 is 0 Å². The van der Waals surface area contributed by atoms with Gasteiger partial charge in [-0.25, -0.2) is 13.1 Å². The first kappa shape index (κ1) is 15.4. The molecule has 1 aromatic heterocycles. The predicted octanol–water partition coefficient (Wildman–Crippen LogP) is 3.06. The zero-order chi connectivity index (χ0) is 14.9. The number of sulfonamides is 1. The van der Waals surface area contributed by atoms with Gasteiger partial charge in [-0.3, -0.25) is 0 Å². The highest BCUT2D eigenvalue weighted by Crippen LogP contribution is 2.31. The van der Waals surface area contributed by atoms with Crippen molar-refractivity contribution in [2.75, 3.05) is 5.73 Å². The Morgan fingerprint density at radius 3 is 2.70 bits per heavy atom. The highest BCUT2D eigenvalue weighted by Gasteiger charge is 2.20. The minimum Gasteiger partial charge on any atom is -0.465 e. The van der Waals surface area contributed by atoms with Gasteiger partial charge in [-0.2, -0.15) is 0 Å². The number of benzene rings is 1. The fraction of sp³-hybridized carbons (Fsp3) is 0.167. The van der Waals surface area contributed by atoms with E-state index in [2.05, 4.69) is 20.7 Å². The largest absolute Gasteiger partial charge is 0.465 e. The van der Waals surface area contributed by atoms with E-state index in [0.717, 1.165) is 0 Å². The van der Waals surface area contributed by atoms with Crippen molar-refractivity contribution in [1.82, 2.24) is 4.72 Å². The minimum atomic E-state index is -3.75. The Morgan fingerprint density at radius 2 is 2.10 bits per heavy atom. The molecule has 20 heavy (non-hydrogen) atoms. The summed E-state index contributed by atoms with van der Waals surface area (Å²) >= 11 is 8.99. The van der Waals surface area contributed by atoms with E-state index in [1.54, 1.807) is 19.1 Å². The minimum absolute atomic E-state index is 0.00854. The van der Waals surface area contributed by atoms with E-state index in [1.807, 2.05) is 0 Å². The van der Waals surface area contributed by atoms with E-state index in [0.29, 0.717) is 11.5 Å². The number of halogens is 2. The van der Waals surface area contributed by atoms with Crippen molar-refractivity contribution < 1.29 is 12.8 Å². The van der Waals surface area contributed by atoms with Gasteiger partial charge in [0.2, 0.25) is 10.0 Å². The average molecular weight is 380 g/mol. The lowest BCUT2D eigenvalue weighted by atomic mass is 10.3. The van der Waals surface area contributed by atoms with E-state index in [9.17, 15) is 8.42 Å². The van der Waals surface area contributed by atoms with Crippen LogP contribution < -0.4 is 10.5 Å². The molecule has 108 valence electrons. The summed E-state index contributed by atoms with van der Waals surface area (Å²) in [6, 6.07) is 6.27. The zero-order valence-corrected chi connectivity index (χ0v) is 13.6. The number of anilines is 1. The van der Waals surface area contributed by atoms with Crippen LogP contribution in [-0.2, 0) is 16.6 Å². The van der Waals surface area contributed by atoms with Crippen molar-refractivity contribution in [3.63, 3.8) is 0 Å². The van der Waals surface area contributed by atoms with Gasteiger partial charge in [0.05, 0.1) is 15.9 Å². The summed E-state index contributed by atoms with van der Waals surface area (Å²) in [6.45, 7) is 1.83. The molecule has 0 amide bonds. The lowest BCUT2D eigenvalue weighted by molar-refractivity contribution is 0.475. The Hall–Kier alpha value is -1.02. The van der Waals surface area contributed by atoms with E-state index in [-0.39, 0.29) is 26.6 Å². The summed E-state index contributed by atoms with van der Waals surface area (Å²) in [7, 11) is -3.75. The monoisotopic (exact) mass is 378 g/mol. The SMILES string of the molecule is Cc1ccc(CNS(=O)(=O)c2cc(Cl)cc(N)c2Br)o1. The van der Waals surface area contributed by atoms with Crippen molar-refractivity contribution in [2.45, 2.75) is 18.4 Å². The summed E-state index contributed by atoms with van der Waals surface area (Å²) in [5.74, 6) is 1.24. The van der Waals surface area contributed by atoms with Crippen molar-refractivity contribution in [3.05, 3.63) is 45.3 Å². The number of rotatable bonds is 4. The Labute approximate surface area is 130 Å². The molecule has 0 unspecified atom stereocenters. The van der Waals surface area contributed by atoms with Crippen molar-refractivity contribution in [1.29, 1.82) is 0 Å². The molecule has 5 nitrogen and oxygen atoms in total. The highest BCUT2D eigenvalue weighted by atomic mass is 79.9. The number of nitrogens with one attached hydrogen (secondary N) is 1. The van der Waals surface area contributed by atoms with Crippen LogP contribution in [0, 0.1) is 6.92 Å². The number of furan rings is 1. The van der Waals surface area contributed by atoms with Crippen LogP contribution in [-0.4, -0.2) is 8.42 Å². The fourth-order valence-corrected chi connectivity index (χ4v) is 3.89. The van der Waals surface area contributed by atoms with Crippen molar-refractivity contribution in [2.24, 2.45) is 0 Å². The average Bonchev–Trinajstić information content (AvgIpc) is 2.77. The van der Waals surface area contributed by atoms with Gasteiger partial charge in [-0.1, -0.05) is 11.6 Å². The van der Waals surface area contributed by atoms with Crippen molar-refractivity contribution >= 4 is 43.2 Å². The van der Waals surface area contributed by atoms with Gasteiger partial charge in [0, 0.05) is 10.7 Å². The second-order valence-electron chi connectivity index (χ2n) is 4.14. The summed E-state index contributed by atoms with van der Waals surface area (Å²) < 4.78 is 32.5. The topological polar surface area (TPSA) is 85.3 Å². The van der Waals surface area contributed by atoms with Crippen molar-refractivity contribution in [3.8, 4) is 0 Å². The standard InChI is InChI=1S/C12H12BrClN2O3S/c1-7-2-3-9(19-7)6-16-20(17,18)11-5-8(14)4-10(15)12(11)13/h2-5,16H,6,15H2,1H3. The molecule has 2 aromatic rings. The first-order valence-electron chi connectivity index (χ1n) is 5.59. The van der Waals surface area contributed by atoms with E-state index in [4.69, 9.17) is 21.8 Å². The molecule has 0 saturated carbocycles. The third-order valence-corrected chi connectivity index (χ3v) is 5.35. The first-order valence-corrected chi connectivity index (χ1v) is 8.24. The Morgan fingerprint density at radius 1 is 1.40 bits per heavy atom. The molecule has 0 fully saturated rings. The maximum absolute atomic E-state index is 12.2. The van der Waals surface area contributed by atoms with E-state index in [1.165, 1.54) is 12.1 Å². The molecular formula is C12H12BrClN2O3S. The molecule has 1 aromatic carbocycles. The highest BCUT2D eigenvalue weighted by molar-refractivity contribution is 9.10. The second-order valence-corrected chi connectivity index (χ2v) is 7.11. The first-order chi connectivity index (χ1) is 9.29. The van der Waals surface area contributed by atoms with Gasteiger partial charge < -0.3 is 10.2 Å². The second kappa shape index (κ2) is 5.77. The third kappa shape index (κ3) is 3.35. The lowest BCUT2D eigenvalue weighted by Crippen LogP contribution is -2.23. The number of hydrogen-bond acceptors (Lipinski definition) is 4. The molecule has 8 heteroatoms. The molecule has 0 atom stereocenters.